The monoisotopic (exact) mass is 441 g/mol. The number of hydrogen-bond donors (Lipinski definition) is 1. The molecule has 8 nitrogen and oxygen atoms in total. The number of methoxy groups -OCH3 is 1. The molecule has 0 aliphatic rings. The second-order valence-electron chi connectivity index (χ2n) is 6.96. The molecule has 0 atom stereocenters. The van der Waals surface area contributed by atoms with Crippen molar-refractivity contribution in [1.29, 1.82) is 0 Å². The summed E-state index contributed by atoms with van der Waals surface area (Å²) in [6.07, 6.45) is 5.08. The molecule has 0 aliphatic carbocycles. The average molecular weight is 441 g/mol. The molecule has 0 fully saturated rings. The van der Waals surface area contributed by atoms with Crippen LogP contribution in [0.15, 0.2) is 55.0 Å². The Morgan fingerprint density at radius 3 is 2.75 bits per heavy atom. The van der Waals surface area contributed by atoms with Crippen LogP contribution in [0.1, 0.15) is 0 Å². The molecule has 0 amide bonds. The third-order valence-corrected chi connectivity index (χ3v) is 4.89. The van der Waals surface area contributed by atoms with Gasteiger partial charge in [-0.05, 0) is 28.8 Å². The largest absolute Gasteiger partial charge is 0.497 e. The Balaban J connectivity index is 1.74. The number of anilines is 2. The molecule has 1 N–H and O–H groups in total. The summed E-state index contributed by atoms with van der Waals surface area (Å²) in [4.78, 5) is 14.6. The molecule has 2 heterocycles. The molecule has 32 heavy (non-hydrogen) atoms. The van der Waals surface area contributed by atoms with Crippen LogP contribution in [0.25, 0.3) is 22.3 Å². The van der Waals surface area contributed by atoms with Gasteiger partial charge in [-0.3, -0.25) is 9.67 Å². The van der Waals surface area contributed by atoms with Crippen molar-refractivity contribution in [2.45, 2.75) is 6.54 Å². The molecule has 0 saturated heterocycles. The van der Waals surface area contributed by atoms with Crippen molar-refractivity contribution in [3.05, 3.63) is 60.8 Å². The quantitative estimate of drug-likeness (QED) is 0.424. The SMILES string of the molecule is COc1cc(F)cc(N(CCOF)c2ccc3ncc(-c4cnn(CCO)c4)nc3c2)c1. The minimum absolute atomic E-state index is 0.0167. The summed E-state index contributed by atoms with van der Waals surface area (Å²) in [6.45, 7) is 0.285. The van der Waals surface area contributed by atoms with Crippen molar-refractivity contribution in [2.75, 3.05) is 31.8 Å². The topological polar surface area (TPSA) is 85.5 Å². The van der Waals surface area contributed by atoms with Crippen molar-refractivity contribution >= 4 is 22.4 Å². The van der Waals surface area contributed by atoms with Gasteiger partial charge in [-0.1, -0.05) is 0 Å². The molecule has 0 unspecified atom stereocenters. The lowest BCUT2D eigenvalue weighted by molar-refractivity contribution is -0.128. The Bertz CT molecular complexity index is 1220. The minimum Gasteiger partial charge on any atom is -0.497 e. The normalized spacial score (nSPS) is 11.1. The van der Waals surface area contributed by atoms with Crippen molar-refractivity contribution in [1.82, 2.24) is 19.7 Å². The van der Waals surface area contributed by atoms with Gasteiger partial charge >= 0.3 is 0 Å². The molecule has 0 aliphatic heterocycles. The molecule has 166 valence electrons. The summed E-state index contributed by atoms with van der Waals surface area (Å²) in [5.74, 6) is -0.137. The van der Waals surface area contributed by atoms with E-state index in [2.05, 4.69) is 20.0 Å². The lowest BCUT2D eigenvalue weighted by Gasteiger charge is -2.25. The van der Waals surface area contributed by atoms with E-state index in [4.69, 9.17) is 9.84 Å². The molecule has 10 heteroatoms. The number of nitrogens with zero attached hydrogens (tertiary/aromatic N) is 5. The fraction of sp³-hybridized carbons (Fsp3) is 0.227. The van der Waals surface area contributed by atoms with Gasteiger partial charge in [-0.2, -0.15) is 10.0 Å². The Morgan fingerprint density at radius 1 is 1.09 bits per heavy atom. The predicted octanol–water partition coefficient (Wildman–Crippen LogP) is 3.67. The van der Waals surface area contributed by atoms with E-state index in [1.54, 1.807) is 52.4 Å². The first-order valence-electron chi connectivity index (χ1n) is 9.87. The lowest BCUT2D eigenvalue weighted by Crippen LogP contribution is -2.21. The van der Waals surface area contributed by atoms with Crippen LogP contribution < -0.4 is 9.64 Å². The molecule has 2 aromatic carbocycles. The molecule has 0 saturated carbocycles. The summed E-state index contributed by atoms with van der Waals surface area (Å²) < 4.78 is 33.4. The van der Waals surface area contributed by atoms with Gasteiger partial charge in [0.05, 0.1) is 55.9 Å². The highest BCUT2D eigenvalue weighted by Gasteiger charge is 2.14. The average Bonchev–Trinajstić information content (AvgIpc) is 3.27. The molecule has 2 aromatic heterocycles. The summed E-state index contributed by atoms with van der Waals surface area (Å²) in [5.41, 5.74) is 3.78. The van der Waals surface area contributed by atoms with E-state index in [0.29, 0.717) is 40.4 Å². The van der Waals surface area contributed by atoms with Crippen LogP contribution in [-0.4, -0.2) is 51.7 Å². The minimum atomic E-state index is -0.478. The van der Waals surface area contributed by atoms with Crippen LogP contribution in [0, 0.1) is 5.82 Å². The predicted molar refractivity (Wildman–Crippen MR) is 115 cm³/mol. The maximum atomic E-state index is 14.1. The van der Waals surface area contributed by atoms with E-state index >= 15 is 0 Å². The van der Waals surface area contributed by atoms with E-state index in [1.165, 1.54) is 19.2 Å². The molecule has 0 bridgehead atoms. The van der Waals surface area contributed by atoms with Crippen molar-refractivity contribution in [2.24, 2.45) is 0 Å². The number of rotatable bonds is 9. The number of aliphatic hydroxyl groups is 1. The number of aromatic nitrogens is 4. The summed E-state index contributed by atoms with van der Waals surface area (Å²) in [7, 11) is 1.45. The number of ether oxygens (including phenoxy) is 1. The molecule has 4 rings (SSSR count). The third-order valence-electron chi connectivity index (χ3n) is 4.89. The van der Waals surface area contributed by atoms with Crippen LogP contribution in [0.5, 0.6) is 5.75 Å². The van der Waals surface area contributed by atoms with Gasteiger partial charge in [0.15, 0.2) is 0 Å². The molecule has 4 aromatic rings. The van der Waals surface area contributed by atoms with Crippen LogP contribution in [0.4, 0.5) is 20.3 Å². The number of hydrogen-bond acceptors (Lipinski definition) is 7. The van der Waals surface area contributed by atoms with Crippen LogP contribution in [0.2, 0.25) is 0 Å². The van der Waals surface area contributed by atoms with Crippen molar-refractivity contribution in [3.63, 3.8) is 0 Å². The Morgan fingerprint density at radius 2 is 1.97 bits per heavy atom. The van der Waals surface area contributed by atoms with E-state index in [1.807, 2.05) is 0 Å². The second-order valence-corrected chi connectivity index (χ2v) is 6.96. The molecular formula is C22H21F2N5O3. The standard InChI is InChI=1S/C22H21F2N5O3/c1-31-19-9-16(23)8-18(10-19)29(5-7-32-24)17-2-3-20-21(11-17)27-22(13-25-20)15-12-26-28(14-15)4-6-30/h2-3,8-14,30H,4-7H2,1H3. The number of aliphatic hydroxyl groups excluding tert-OH is 1. The highest BCUT2D eigenvalue weighted by molar-refractivity contribution is 5.82. The van der Waals surface area contributed by atoms with Crippen molar-refractivity contribution < 1.29 is 23.7 Å². The maximum absolute atomic E-state index is 14.1. The highest BCUT2D eigenvalue weighted by atomic mass is 19.3. The fourth-order valence-electron chi connectivity index (χ4n) is 3.38. The molecule has 0 spiro atoms. The summed E-state index contributed by atoms with van der Waals surface area (Å²) >= 11 is 0. The van der Waals surface area contributed by atoms with Gasteiger partial charge in [0.25, 0.3) is 0 Å². The van der Waals surface area contributed by atoms with Crippen molar-refractivity contribution in [3.8, 4) is 17.0 Å². The first-order chi connectivity index (χ1) is 15.6. The number of halogens is 2. The van der Waals surface area contributed by atoms with E-state index in [9.17, 15) is 8.92 Å². The van der Waals surface area contributed by atoms with E-state index < -0.39 is 5.82 Å². The van der Waals surface area contributed by atoms with Crippen LogP contribution >= 0.6 is 0 Å². The zero-order valence-electron chi connectivity index (χ0n) is 17.3. The zero-order chi connectivity index (χ0) is 22.5. The Labute approximate surface area is 182 Å². The molecular weight excluding hydrogens is 420 g/mol. The summed E-state index contributed by atoms with van der Waals surface area (Å²) in [6, 6.07) is 9.63. The van der Waals surface area contributed by atoms with Crippen LogP contribution in [-0.2, 0) is 11.5 Å². The highest BCUT2D eigenvalue weighted by Crippen LogP contribution is 2.31. The van der Waals surface area contributed by atoms with E-state index in [-0.39, 0.29) is 19.8 Å². The smallest absolute Gasteiger partial charge is 0.128 e. The fourth-order valence-corrected chi connectivity index (χ4v) is 3.38. The number of fused-ring (bicyclic) bond motifs is 1. The Hall–Kier alpha value is -3.63. The number of benzene rings is 2. The van der Waals surface area contributed by atoms with Gasteiger partial charge in [-0.25, -0.2) is 9.37 Å². The summed E-state index contributed by atoms with van der Waals surface area (Å²) in [5, 5.41) is 13.3. The first-order valence-corrected chi connectivity index (χ1v) is 9.87. The van der Waals surface area contributed by atoms with Crippen LogP contribution in [0.3, 0.4) is 0 Å². The van der Waals surface area contributed by atoms with Gasteiger partial charge in [0, 0.05) is 35.3 Å². The zero-order valence-corrected chi connectivity index (χ0v) is 17.3. The van der Waals surface area contributed by atoms with Gasteiger partial charge in [0.2, 0.25) is 0 Å². The van der Waals surface area contributed by atoms with Gasteiger partial charge in [0.1, 0.15) is 18.2 Å². The van der Waals surface area contributed by atoms with Gasteiger partial charge < -0.3 is 14.7 Å². The molecule has 0 radical (unpaired) electrons. The van der Waals surface area contributed by atoms with E-state index in [0.717, 1.165) is 5.56 Å². The Kier molecular flexibility index (Phi) is 6.52. The lowest BCUT2D eigenvalue weighted by atomic mass is 10.2. The van der Waals surface area contributed by atoms with Gasteiger partial charge in [-0.15, -0.1) is 0 Å². The second kappa shape index (κ2) is 9.67. The third kappa shape index (κ3) is 4.66. The maximum Gasteiger partial charge on any atom is 0.128 e. The first kappa shape index (κ1) is 21.6.